The zero-order valence-electron chi connectivity index (χ0n) is 11.6. The minimum atomic E-state index is -0.394. The van der Waals surface area contributed by atoms with Gasteiger partial charge < -0.3 is 24.3 Å². The molecule has 1 atom stereocenters. The minimum Gasteiger partial charge on any atom is -0.468 e. The highest BCUT2D eigenvalue weighted by atomic mass is 16.5. The van der Waals surface area contributed by atoms with Crippen molar-refractivity contribution in [2.45, 2.75) is 19.4 Å². The molecule has 0 radical (unpaired) electrons. The summed E-state index contributed by atoms with van der Waals surface area (Å²) < 4.78 is 20.2. The van der Waals surface area contributed by atoms with Crippen LogP contribution in [0.25, 0.3) is 0 Å². The molecular formula is C12H25NO5. The number of likely N-dealkylation sites (N-methyl/N-ethyl adjacent to an activating group) is 1. The quantitative estimate of drug-likeness (QED) is 0.401. The van der Waals surface area contributed by atoms with Crippen molar-refractivity contribution in [1.82, 2.24) is 5.32 Å². The fourth-order valence-corrected chi connectivity index (χ4v) is 1.31. The Morgan fingerprint density at radius 1 is 1.11 bits per heavy atom. The standard InChI is InChI=1S/C12H25NO5/c1-4-13-11(12(14)16-3)10-18-7-5-6-17-9-8-15-2/h11,13H,4-10H2,1-3H3. The molecule has 0 saturated carbocycles. The molecular weight excluding hydrogens is 238 g/mol. The van der Waals surface area contributed by atoms with Crippen molar-refractivity contribution >= 4 is 5.97 Å². The van der Waals surface area contributed by atoms with E-state index in [0.717, 1.165) is 6.42 Å². The number of rotatable bonds is 12. The molecule has 0 amide bonds. The van der Waals surface area contributed by atoms with Crippen LogP contribution in [0.15, 0.2) is 0 Å². The minimum absolute atomic E-state index is 0.298. The molecule has 6 heteroatoms. The smallest absolute Gasteiger partial charge is 0.325 e. The molecule has 0 rings (SSSR count). The van der Waals surface area contributed by atoms with E-state index in [2.05, 4.69) is 10.1 Å². The van der Waals surface area contributed by atoms with Crippen LogP contribution in [-0.4, -0.2) is 65.8 Å². The number of nitrogens with one attached hydrogen (secondary N) is 1. The lowest BCUT2D eigenvalue weighted by Crippen LogP contribution is -2.41. The van der Waals surface area contributed by atoms with Gasteiger partial charge in [0.2, 0.25) is 0 Å². The molecule has 0 spiro atoms. The fraction of sp³-hybridized carbons (Fsp3) is 0.917. The highest BCUT2D eigenvalue weighted by Crippen LogP contribution is 1.92. The van der Waals surface area contributed by atoms with E-state index in [1.54, 1.807) is 7.11 Å². The van der Waals surface area contributed by atoms with Crippen LogP contribution in [0.1, 0.15) is 13.3 Å². The Morgan fingerprint density at radius 2 is 1.83 bits per heavy atom. The zero-order valence-corrected chi connectivity index (χ0v) is 11.6. The van der Waals surface area contributed by atoms with E-state index in [-0.39, 0.29) is 5.97 Å². The molecule has 0 bridgehead atoms. The lowest BCUT2D eigenvalue weighted by Gasteiger charge is -2.15. The molecule has 1 N–H and O–H groups in total. The Balaban J connectivity index is 3.46. The van der Waals surface area contributed by atoms with Gasteiger partial charge in [0.05, 0.1) is 26.9 Å². The predicted molar refractivity (Wildman–Crippen MR) is 67.6 cm³/mol. The number of esters is 1. The monoisotopic (exact) mass is 263 g/mol. The lowest BCUT2D eigenvalue weighted by molar-refractivity contribution is -0.144. The van der Waals surface area contributed by atoms with E-state index in [0.29, 0.717) is 39.6 Å². The molecule has 0 aliphatic rings. The second-order valence-corrected chi connectivity index (χ2v) is 3.67. The first-order valence-corrected chi connectivity index (χ1v) is 6.21. The molecule has 0 saturated heterocycles. The zero-order chi connectivity index (χ0) is 13.6. The fourth-order valence-electron chi connectivity index (χ4n) is 1.31. The maximum atomic E-state index is 11.3. The van der Waals surface area contributed by atoms with Gasteiger partial charge in [-0.2, -0.15) is 0 Å². The van der Waals surface area contributed by atoms with Crippen LogP contribution in [0.5, 0.6) is 0 Å². The Bertz CT molecular complexity index is 201. The molecule has 0 aromatic carbocycles. The molecule has 0 aromatic rings. The molecule has 108 valence electrons. The summed E-state index contributed by atoms with van der Waals surface area (Å²) in [4.78, 5) is 11.3. The van der Waals surface area contributed by atoms with Gasteiger partial charge in [0.15, 0.2) is 0 Å². The average Bonchev–Trinajstić information content (AvgIpc) is 2.39. The molecule has 0 aliphatic carbocycles. The third kappa shape index (κ3) is 9.35. The Labute approximate surface area is 109 Å². The van der Waals surface area contributed by atoms with Crippen LogP contribution in [0, 0.1) is 0 Å². The van der Waals surface area contributed by atoms with Gasteiger partial charge in [-0.05, 0) is 13.0 Å². The van der Waals surface area contributed by atoms with E-state index in [1.807, 2.05) is 6.92 Å². The first-order chi connectivity index (χ1) is 8.76. The molecule has 18 heavy (non-hydrogen) atoms. The van der Waals surface area contributed by atoms with Gasteiger partial charge in [-0.15, -0.1) is 0 Å². The van der Waals surface area contributed by atoms with Crippen LogP contribution in [-0.2, 0) is 23.7 Å². The summed E-state index contributed by atoms with van der Waals surface area (Å²) in [5, 5.41) is 3.00. The highest BCUT2D eigenvalue weighted by molar-refractivity contribution is 5.75. The third-order valence-corrected chi connectivity index (χ3v) is 2.23. The summed E-state index contributed by atoms with van der Waals surface area (Å²) in [6.07, 6.45) is 0.795. The second kappa shape index (κ2) is 12.8. The predicted octanol–water partition coefficient (Wildman–Crippen LogP) is 0.207. The van der Waals surface area contributed by atoms with Crippen molar-refractivity contribution in [3.63, 3.8) is 0 Å². The topological polar surface area (TPSA) is 66.0 Å². The van der Waals surface area contributed by atoms with Crippen molar-refractivity contribution in [3.05, 3.63) is 0 Å². The normalized spacial score (nSPS) is 12.4. The second-order valence-electron chi connectivity index (χ2n) is 3.67. The van der Waals surface area contributed by atoms with E-state index >= 15 is 0 Å². The summed E-state index contributed by atoms with van der Waals surface area (Å²) in [7, 11) is 3.01. The largest absolute Gasteiger partial charge is 0.468 e. The summed E-state index contributed by atoms with van der Waals surface area (Å²) in [6, 6.07) is -0.394. The van der Waals surface area contributed by atoms with Crippen molar-refractivity contribution in [2.75, 3.05) is 53.8 Å². The maximum absolute atomic E-state index is 11.3. The van der Waals surface area contributed by atoms with Crippen LogP contribution in [0.2, 0.25) is 0 Å². The summed E-state index contributed by atoms with van der Waals surface area (Å²) in [6.45, 7) is 5.34. The van der Waals surface area contributed by atoms with Crippen molar-refractivity contribution in [3.8, 4) is 0 Å². The SMILES string of the molecule is CCNC(COCCCOCCOC)C(=O)OC. The van der Waals surface area contributed by atoms with Crippen molar-refractivity contribution in [1.29, 1.82) is 0 Å². The highest BCUT2D eigenvalue weighted by Gasteiger charge is 2.17. The molecule has 0 heterocycles. The number of hydrogen-bond donors (Lipinski definition) is 1. The Hall–Kier alpha value is -0.690. The molecule has 0 aromatic heterocycles. The van der Waals surface area contributed by atoms with Gasteiger partial charge in [0.25, 0.3) is 0 Å². The molecule has 0 aliphatic heterocycles. The number of carbonyl (C=O) groups excluding carboxylic acids is 1. The molecule has 0 fully saturated rings. The summed E-state index contributed by atoms with van der Waals surface area (Å²) in [5.74, 6) is -0.298. The van der Waals surface area contributed by atoms with Crippen molar-refractivity contribution < 1.29 is 23.7 Å². The first-order valence-electron chi connectivity index (χ1n) is 6.21. The number of methoxy groups -OCH3 is 2. The van der Waals surface area contributed by atoms with Crippen LogP contribution >= 0.6 is 0 Å². The van der Waals surface area contributed by atoms with Gasteiger partial charge in [0, 0.05) is 20.3 Å². The maximum Gasteiger partial charge on any atom is 0.325 e. The van der Waals surface area contributed by atoms with Gasteiger partial charge in [0.1, 0.15) is 6.04 Å². The molecule has 1 unspecified atom stereocenters. The lowest BCUT2D eigenvalue weighted by atomic mass is 10.3. The summed E-state index contributed by atoms with van der Waals surface area (Å²) in [5.41, 5.74) is 0. The number of hydrogen-bond acceptors (Lipinski definition) is 6. The van der Waals surface area contributed by atoms with Crippen LogP contribution < -0.4 is 5.32 Å². The van der Waals surface area contributed by atoms with E-state index < -0.39 is 6.04 Å². The number of ether oxygens (including phenoxy) is 4. The van der Waals surface area contributed by atoms with E-state index in [1.165, 1.54) is 7.11 Å². The van der Waals surface area contributed by atoms with E-state index in [4.69, 9.17) is 14.2 Å². The Morgan fingerprint density at radius 3 is 2.44 bits per heavy atom. The third-order valence-electron chi connectivity index (χ3n) is 2.23. The average molecular weight is 263 g/mol. The van der Waals surface area contributed by atoms with Gasteiger partial charge in [-0.25, -0.2) is 0 Å². The van der Waals surface area contributed by atoms with E-state index in [9.17, 15) is 4.79 Å². The van der Waals surface area contributed by atoms with Crippen molar-refractivity contribution in [2.24, 2.45) is 0 Å². The van der Waals surface area contributed by atoms with Gasteiger partial charge in [-0.3, -0.25) is 4.79 Å². The molecule has 6 nitrogen and oxygen atoms in total. The van der Waals surface area contributed by atoms with Crippen LogP contribution in [0.4, 0.5) is 0 Å². The summed E-state index contributed by atoms with van der Waals surface area (Å²) >= 11 is 0. The van der Waals surface area contributed by atoms with Gasteiger partial charge in [-0.1, -0.05) is 6.92 Å². The van der Waals surface area contributed by atoms with Crippen LogP contribution in [0.3, 0.4) is 0 Å². The van der Waals surface area contributed by atoms with Gasteiger partial charge >= 0.3 is 5.97 Å². The number of carbonyl (C=O) groups is 1. The first kappa shape index (κ1) is 17.3. The Kier molecular flexibility index (Phi) is 12.3.